The first-order valence-electron chi connectivity index (χ1n) is 8.24. The van der Waals surface area contributed by atoms with E-state index in [1.54, 1.807) is 40.4 Å². The van der Waals surface area contributed by atoms with Crippen LogP contribution >= 0.6 is 0 Å². The van der Waals surface area contributed by atoms with E-state index in [1.807, 2.05) is 48.7 Å². The zero-order valence-electron chi connectivity index (χ0n) is 14.0. The predicted octanol–water partition coefficient (Wildman–Crippen LogP) is 3.90. The Labute approximate surface area is 150 Å². The Morgan fingerprint density at radius 2 is 1.58 bits per heavy atom. The molecule has 1 amide bonds. The first-order chi connectivity index (χ1) is 12.8. The Kier molecular flexibility index (Phi) is 4.38. The molecule has 4 aromatic rings. The summed E-state index contributed by atoms with van der Waals surface area (Å²) in [6, 6.07) is 16.5. The van der Waals surface area contributed by atoms with E-state index in [2.05, 4.69) is 5.10 Å². The van der Waals surface area contributed by atoms with Crippen LogP contribution in [0.1, 0.15) is 21.9 Å². The second kappa shape index (κ2) is 7.14. The van der Waals surface area contributed by atoms with Gasteiger partial charge in [0.25, 0.3) is 5.91 Å². The molecule has 0 unspecified atom stereocenters. The van der Waals surface area contributed by atoms with E-state index in [9.17, 15) is 4.79 Å². The van der Waals surface area contributed by atoms with Crippen LogP contribution in [0.3, 0.4) is 0 Å². The van der Waals surface area contributed by atoms with Crippen molar-refractivity contribution in [2.24, 2.45) is 0 Å². The summed E-state index contributed by atoms with van der Waals surface area (Å²) in [7, 11) is 0. The van der Waals surface area contributed by atoms with Gasteiger partial charge < -0.3 is 13.7 Å². The van der Waals surface area contributed by atoms with Crippen LogP contribution in [0.25, 0.3) is 5.69 Å². The van der Waals surface area contributed by atoms with Gasteiger partial charge in [-0.3, -0.25) is 4.79 Å². The number of nitrogens with zero attached hydrogens (tertiary/aromatic N) is 3. The lowest BCUT2D eigenvalue weighted by Gasteiger charge is -2.21. The summed E-state index contributed by atoms with van der Waals surface area (Å²) >= 11 is 0. The molecule has 26 heavy (non-hydrogen) atoms. The number of aromatic nitrogens is 2. The van der Waals surface area contributed by atoms with Crippen LogP contribution in [0, 0.1) is 0 Å². The van der Waals surface area contributed by atoms with Gasteiger partial charge in [0, 0.05) is 18.0 Å². The van der Waals surface area contributed by atoms with Crippen LogP contribution in [0.15, 0.2) is 88.4 Å². The Morgan fingerprint density at radius 3 is 2.08 bits per heavy atom. The third-order valence-electron chi connectivity index (χ3n) is 4.02. The molecule has 0 N–H and O–H groups in total. The van der Waals surface area contributed by atoms with Crippen molar-refractivity contribution in [3.05, 3.63) is 96.6 Å². The average molecular weight is 347 g/mol. The highest BCUT2D eigenvalue weighted by Crippen LogP contribution is 2.16. The molecule has 0 atom stereocenters. The van der Waals surface area contributed by atoms with Crippen molar-refractivity contribution in [1.82, 2.24) is 14.7 Å². The molecule has 0 saturated carbocycles. The Hall–Kier alpha value is -3.54. The molecule has 0 aliphatic rings. The van der Waals surface area contributed by atoms with Crippen LogP contribution in [0.4, 0.5) is 0 Å². The van der Waals surface area contributed by atoms with Crippen LogP contribution < -0.4 is 0 Å². The van der Waals surface area contributed by atoms with Crippen molar-refractivity contribution in [2.45, 2.75) is 13.1 Å². The van der Waals surface area contributed by atoms with Crippen molar-refractivity contribution >= 4 is 5.91 Å². The third-order valence-corrected chi connectivity index (χ3v) is 4.02. The first-order valence-corrected chi connectivity index (χ1v) is 8.24. The SMILES string of the molecule is O=C(c1ccc(-n2cccn2)cc1)N(Cc1ccco1)Cc1ccco1. The van der Waals surface area contributed by atoms with Crippen molar-refractivity contribution in [2.75, 3.05) is 0 Å². The number of hydrogen-bond acceptors (Lipinski definition) is 4. The van der Waals surface area contributed by atoms with E-state index in [-0.39, 0.29) is 5.91 Å². The molecule has 0 bridgehead atoms. The van der Waals surface area contributed by atoms with E-state index in [0.29, 0.717) is 18.7 Å². The van der Waals surface area contributed by atoms with Crippen LogP contribution in [-0.4, -0.2) is 20.6 Å². The summed E-state index contributed by atoms with van der Waals surface area (Å²) in [5.41, 5.74) is 1.49. The molecule has 0 spiro atoms. The average Bonchev–Trinajstić information content (AvgIpc) is 3.43. The quantitative estimate of drug-likeness (QED) is 0.531. The summed E-state index contributed by atoms with van der Waals surface area (Å²) in [6.07, 6.45) is 6.78. The minimum absolute atomic E-state index is 0.0928. The Balaban J connectivity index is 1.56. The van der Waals surface area contributed by atoms with Gasteiger partial charge >= 0.3 is 0 Å². The van der Waals surface area contributed by atoms with Crippen LogP contribution in [0.2, 0.25) is 0 Å². The smallest absolute Gasteiger partial charge is 0.254 e. The minimum atomic E-state index is -0.0928. The second-order valence-electron chi connectivity index (χ2n) is 5.82. The number of furan rings is 2. The lowest BCUT2D eigenvalue weighted by Crippen LogP contribution is -2.29. The minimum Gasteiger partial charge on any atom is -0.467 e. The largest absolute Gasteiger partial charge is 0.467 e. The van der Waals surface area contributed by atoms with Crippen molar-refractivity contribution in [3.63, 3.8) is 0 Å². The van der Waals surface area contributed by atoms with Gasteiger partial charge in [0.15, 0.2) is 0 Å². The number of amides is 1. The van der Waals surface area contributed by atoms with E-state index in [1.165, 1.54) is 0 Å². The van der Waals surface area contributed by atoms with Crippen LogP contribution in [-0.2, 0) is 13.1 Å². The van der Waals surface area contributed by atoms with Crippen LogP contribution in [0.5, 0.6) is 0 Å². The lowest BCUT2D eigenvalue weighted by atomic mass is 10.1. The Morgan fingerprint density at radius 1 is 0.923 bits per heavy atom. The molecule has 6 nitrogen and oxygen atoms in total. The van der Waals surface area contributed by atoms with Crippen molar-refractivity contribution in [1.29, 1.82) is 0 Å². The summed E-state index contributed by atoms with van der Waals surface area (Å²) in [5.74, 6) is 1.35. The molecule has 0 radical (unpaired) electrons. The fourth-order valence-corrected chi connectivity index (χ4v) is 2.74. The van der Waals surface area contributed by atoms with Gasteiger partial charge in [-0.1, -0.05) is 0 Å². The van der Waals surface area contributed by atoms with E-state index < -0.39 is 0 Å². The molecule has 6 heteroatoms. The standard InChI is InChI=1S/C20H17N3O3/c24-20(16-6-8-17(9-7-16)23-11-3-10-21-23)22(14-18-4-1-12-25-18)15-19-5-2-13-26-19/h1-13H,14-15H2. The topological polar surface area (TPSA) is 64.4 Å². The molecule has 3 aromatic heterocycles. The maximum absolute atomic E-state index is 13.0. The monoisotopic (exact) mass is 347 g/mol. The van der Waals surface area contributed by atoms with E-state index >= 15 is 0 Å². The maximum atomic E-state index is 13.0. The predicted molar refractivity (Wildman–Crippen MR) is 94.6 cm³/mol. The molecule has 0 saturated heterocycles. The molecule has 1 aromatic carbocycles. The first kappa shape index (κ1) is 16.0. The fourth-order valence-electron chi connectivity index (χ4n) is 2.74. The normalized spacial score (nSPS) is 10.8. The van der Waals surface area contributed by atoms with Crippen molar-refractivity contribution in [3.8, 4) is 5.69 Å². The van der Waals surface area contributed by atoms with Gasteiger partial charge in [-0.25, -0.2) is 4.68 Å². The highest BCUT2D eigenvalue weighted by atomic mass is 16.3. The summed E-state index contributed by atoms with van der Waals surface area (Å²) < 4.78 is 12.6. The molecule has 0 fully saturated rings. The maximum Gasteiger partial charge on any atom is 0.254 e. The van der Waals surface area contributed by atoms with Gasteiger partial charge in [0.05, 0.1) is 31.3 Å². The molecule has 0 aliphatic heterocycles. The number of benzene rings is 1. The van der Waals surface area contributed by atoms with Gasteiger partial charge in [-0.2, -0.15) is 5.10 Å². The van der Waals surface area contributed by atoms with Gasteiger partial charge in [-0.15, -0.1) is 0 Å². The zero-order chi connectivity index (χ0) is 17.8. The molecular weight excluding hydrogens is 330 g/mol. The van der Waals surface area contributed by atoms with E-state index in [4.69, 9.17) is 8.83 Å². The van der Waals surface area contributed by atoms with Gasteiger partial charge in [-0.05, 0) is 54.6 Å². The highest BCUT2D eigenvalue weighted by molar-refractivity contribution is 5.94. The number of carbonyl (C=O) groups is 1. The third kappa shape index (κ3) is 3.44. The molecule has 130 valence electrons. The lowest BCUT2D eigenvalue weighted by molar-refractivity contribution is 0.0705. The Bertz CT molecular complexity index is 904. The van der Waals surface area contributed by atoms with E-state index in [0.717, 1.165) is 17.2 Å². The second-order valence-corrected chi connectivity index (χ2v) is 5.82. The molecule has 3 heterocycles. The summed E-state index contributed by atoms with van der Waals surface area (Å²) in [6.45, 7) is 0.737. The molecular formula is C20H17N3O3. The van der Waals surface area contributed by atoms with Gasteiger partial charge in [0.2, 0.25) is 0 Å². The zero-order valence-corrected chi connectivity index (χ0v) is 14.0. The summed E-state index contributed by atoms with van der Waals surface area (Å²) in [4.78, 5) is 14.7. The fraction of sp³-hybridized carbons (Fsp3) is 0.100. The van der Waals surface area contributed by atoms with Crippen molar-refractivity contribution < 1.29 is 13.6 Å². The molecule has 4 rings (SSSR count). The molecule has 0 aliphatic carbocycles. The highest BCUT2D eigenvalue weighted by Gasteiger charge is 2.19. The summed E-state index contributed by atoms with van der Waals surface area (Å²) in [5, 5.41) is 4.19. The number of carbonyl (C=O) groups excluding carboxylic acids is 1. The van der Waals surface area contributed by atoms with Gasteiger partial charge in [0.1, 0.15) is 11.5 Å². The number of rotatable bonds is 6. The number of hydrogen-bond donors (Lipinski definition) is 0.